The molecule has 1 aliphatic heterocycles. The van der Waals surface area contributed by atoms with Crippen LogP contribution in [0.15, 0.2) is 52.4 Å². The minimum absolute atomic E-state index is 0.0520. The molecule has 0 fully saturated rings. The average Bonchev–Trinajstić information content (AvgIpc) is 2.68. The highest BCUT2D eigenvalue weighted by Crippen LogP contribution is 2.36. The van der Waals surface area contributed by atoms with Crippen LogP contribution >= 0.6 is 11.6 Å². The summed E-state index contributed by atoms with van der Waals surface area (Å²) < 4.78 is 5.96. The number of amidine groups is 1. The van der Waals surface area contributed by atoms with Crippen LogP contribution in [-0.2, 0) is 0 Å². The van der Waals surface area contributed by atoms with Gasteiger partial charge in [-0.05, 0) is 30.3 Å². The van der Waals surface area contributed by atoms with E-state index < -0.39 is 0 Å². The number of nitrogens with two attached hydrogens (primary N) is 2. The Morgan fingerprint density at radius 3 is 2.74 bits per heavy atom. The number of aliphatic imine (C=N–C) groups is 2. The van der Waals surface area contributed by atoms with Crippen LogP contribution in [0.5, 0.6) is 11.5 Å². The van der Waals surface area contributed by atoms with Crippen LogP contribution in [-0.4, -0.2) is 24.9 Å². The molecular weight excluding hydrogens is 314 g/mol. The van der Waals surface area contributed by atoms with Crippen molar-refractivity contribution >= 4 is 29.1 Å². The van der Waals surface area contributed by atoms with Gasteiger partial charge in [0.15, 0.2) is 11.7 Å². The lowest BCUT2D eigenvalue weighted by Crippen LogP contribution is -2.23. The fourth-order valence-corrected chi connectivity index (χ4v) is 2.39. The van der Waals surface area contributed by atoms with Crippen molar-refractivity contribution in [2.75, 3.05) is 18.4 Å². The second kappa shape index (κ2) is 6.58. The number of guanidine groups is 1. The molecule has 0 radical (unpaired) electrons. The third kappa shape index (κ3) is 3.54. The van der Waals surface area contributed by atoms with E-state index in [1.54, 1.807) is 6.07 Å². The fourth-order valence-electron chi connectivity index (χ4n) is 2.21. The lowest BCUT2D eigenvalue weighted by Gasteiger charge is -2.08. The van der Waals surface area contributed by atoms with Crippen LogP contribution in [0, 0.1) is 0 Å². The van der Waals surface area contributed by atoms with E-state index in [1.165, 1.54) is 0 Å². The molecule has 0 saturated heterocycles. The highest BCUT2D eigenvalue weighted by atomic mass is 35.5. The number of anilines is 1. The van der Waals surface area contributed by atoms with E-state index in [0.29, 0.717) is 29.7 Å². The number of rotatable bonds is 3. The quantitative estimate of drug-likeness (QED) is 0.458. The second-order valence-electron chi connectivity index (χ2n) is 4.90. The van der Waals surface area contributed by atoms with Gasteiger partial charge >= 0.3 is 0 Å². The lowest BCUT2D eigenvalue weighted by atomic mass is 10.2. The molecule has 118 valence electrons. The standard InChI is InChI=1S/C16H16ClN5O/c17-10-5-6-13-11(9-10)15(20-7-8-21-16(18)19)22-12-3-1-2-4-14(12)23-13/h1-6,9H,7-8H2,(H,20,22)(H4,18,19,21). The molecule has 0 spiro atoms. The Balaban J connectivity index is 1.98. The van der Waals surface area contributed by atoms with E-state index in [9.17, 15) is 0 Å². The van der Waals surface area contributed by atoms with Gasteiger partial charge in [0, 0.05) is 5.02 Å². The Hall–Kier alpha value is -2.73. The molecule has 0 amide bonds. The predicted molar refractivity (Wildman–Crippen MR) is 93.7 cm³/mol. The van der Waals surface area contributed by atoms with Crippen LogP contribution < -0.4 is 21.5 Å². The van der Waals surface area contributed by atoms with Crippen molar-refractivity contribution in [3.8, 4) is 11.5 Å². The Morgan fingerprint density at radius 1 is 1.09 bits per heavy atom. The molecule has 0 unspecified atom stereocenters. The zero-order valence-electron chi connectivity index (χ0n) is 12.3. The molecule has 0 aliphatic carbocycles. The first kappa shape index (κ1) is 15.2. The smallest absolute Gasteiger partial charge is 0.185 e. The highest BCUT2D eigenvalue weighted by molar-refractivity contribution is 6.31. The molecule has 2 aromatic rings. The van der Waals surface area contributed by atoms with Gasteiger partial charge in [-0.3, -0.25) is 9.98 Å². The SMILES string of the molecule is NC(N)=NCCN=C1Nc2ccccc2Oc2ccc(Cl)cc21. The fraction of sp³-hybridized carbons (Fsp3) is 0.125. The molecule has 1 aliphatic rings. The van der Waals surface area contributed by atoms with Gasteiger partial charge in [-0.2, -0.15) is 0 Å². The van der Waals surface area contributed by atoms with Crippen molar-refractivity contribution < 1.29 is 4.74 Å². The molecule has 5 N–H and O–H groups in total. The molecule has 0 atom stereocenters. The van der Waals surface area contributed by atoms with Crippen LogP contribution in [0.1, 0.15) is 5.56 Å². The molecule has 23 heavy (non-hydrogen) atoms. The number of ether oxygens (including phenoxy) is 1. The first-order chi connectivity index (χ1) is 11.1. The third-order valence-electron chi connectivity index (χ3n) is 3.22. The van der Waals surface area contributed by atoms with E-state index in [2.05, 4.69) is 15.3 Å². The first-order valence-corrected chi connectivity index (χ1v) is 7.45. The van der Waals surface area contributed by atoms with Crippen molar-refractivity contribution in [3.05, 3.63) is 53.1 Å². The van der Waals surface area contributed by atoms with Crippen LogP contribution in [0.4, 0.5) is 5.69 Å². The maximum atomic E-state index is 6.12. The van der Waals surface area contributed by atoms with Crippen LogP contribution in [0.25, 0.3) is 0 Å². The normalized spacial score (nSPS) is 14.0. The molecule has 3 rings (SSSR count). The van der Waals surface area contributed by atoms with E-state index in [1.807, 2.05) is 36.4 Å². The van der Waals surface area contributed by atoms with Crippen molar-refractivity contribution in [3.63, 3.8) is 0 Å². The van der Waals surface area contributed by atoms with Gasteiger partial charge in [0.1, 0.15) is 11.6 Å². The zero-order valence-corrected chi connectivity index (χ0v) is 13.0. The van der Waals surface area contributed by atoms with Crippen molar-refractivity contribution in [1.29, 1.82) is 0 Å². The number of benzene rings is 2. The first-order valence-electron chi connectivity index (χ1n) is 7.07. The molecule has 7 heteroatoms. The van der Waals surface area contributed by atoms with Gasteiger partial charge in [0.25, 0.3) is 0 Å². The topological polar surface area (TPSA) is 98.0 Å². The number of hydrogen-bond acceptors (Lipinski definition) is 3. The maximum absolute atomic E-state index is 6.12. The summed E-state index contributed by atoms with van der Waals surface area (Å²) in [6, 6.07) is 13.1. The number of fused-ring (bicyclic) bond motifs is 2. The van der Waals surface area contributed by atoms with Gasteiger partial charge in [0.2, 0.25) is 0 Å². The second-order valence-corrected chi connectivity index (χ2v) is 5.34. The molecule has 6 nitrogen and oxygen atoms in total. The van der Waals surface area contributed by atoms with Crippen LogP contribution in [0.2, 0.25) is 5.02 Å². The summed E-state index contributed by atoms with van der Waals surface area (Å²) in [6.07, 6.45) is 0. The van der Waals surface area contributed by atoms with E-state index in [4.69, 9.17) is 27.8 Å². The summed E-state index contributed by atoms with van der Waals surface area (Å²) in [5, 5.41) is 3.89. The van der Waals surface area contributed by atoms with Crippen LogP contribution in [0.3, 0.4) is 0 Å². The highest BCUT2D eigenvalue weighted by Gasteiger charge is 2.19. The number of nitrogens with one attached hydrogen (secondary N) is 1. The molecule has 0 saturated carbocycles. The number of hydrogen-bond donors (Lipinski definition) is 3. The number of halogens is 1. The summed E-state index contributed by atoms with van der Waals surface area (Å²) in [5.74, 6) is 2.13. The number of para-hydroxylation sites is 2. The predicted octanol–water partition coefficient (Wildman–Crippen LogP) is 2.58. The number of nitrogens with zero attached hydrogens (tertiary/aromatic N) is 2. The Kier molecular flexibility index (Phi) is 4.34. The summed E-state index contributed by atoms with van der Waals surface area (Å²) in [7, 11) is 0. The van der Waals surface area contributed by atoms with Gasteiger partial charge in [0.05, 0.1) is 24.3 Å². The Morgan fingerprint density at radius 2 is 1.91 bits per heavy atom. The molecule has 0 bridgehead atoms. The van der Waals surface area contributed by atoms with Crippen molar-refractivity contribution in [1.82, 2.24) is 0 Å². The molecule has 1 heterocycles. The summed E-state index contributed by atoms with van der Waals surface area (Å²) >= 11 is 6.12. The summed E-state index contributed by atoms with van der Waals surface area (Å²) in [4.78, 5) is 8.48. The largest absolute Gasteiger partial charge is 0.454 e. The van der Waals surface area contributed by atoms with Crippen molar-refractivity contribution in [2.24, 2.45) is 21.5 Å². The lowest BCUT2D eigenvalue weighted by molar-refractivity contribution is 0.486. The van der Waals surface area contributed by atoms with E-state index in [-0.39, 0.29) is 5.96 Å². The molecular formula is C16H16ClN5O. The third-order valence-corrected chi connectivity index (χ3v) is 3.46. The summed E-state index contributed by atoms with van der Waals surface area (Å²) in [6.45, 7) is 0.847. The van der Waals surface area contributed by atoms with Crippen molar-refractivity contribution in [2.45, 2.75) is 0 Å². The zero-order chi connectivity index (χ0) is 16.2. The molecule has 0 aromatic heterocycles. The van der Waals surface area contributed by atoms with Gasteiger partial charge in [-0.15, -0.1) is 0 Å². The average molecular weight is 330 g/mol. The Labute approximate surface area is 138 Å². The maximum Gasteiger partial charge on any atom is 0.185 e. The van der Waals surface area contributed by atoms with Gasteiger partial charge in [-0.1, -0.05) is 23.7 Å². The monoisotopic (exact) mass is 329 g/mol. The van der Waals surface area contributed by atoms with Gasteiger partial charge in [-0.25, -0.2) is 0 Å². The minimum Gasteiger partial charge on any atom is -0.454 e. The summed E-state index contributed by atoms with van der Waals surface area (Å²) in [5.41, 5.74) is 12.3. The Bertz CT molecular complexity index is 784. The minimum atomic E-state index is 0.0520. The van der Waals surface area contributed by atoms with Gasteiger partial charge < -0.3 is 21.5 Å². The van der Waals surface area contributed by atoms with E-state index >= 15 is 0 Å². The molecule has 2 aromatic carbocycles. The van der Waals surface area contributed by atoms with E-state index in [0.717, 1.165) is 17.0 Å².